The van der Waals surface area contributed by atoms with Crippen LogP contribution in [0.5, 0.6) is 11.6 Å². The molecule has 2 N–H and O–H groups in total. The highest BCUT2D eigenvalue weighted by Gasteiger charge is 2.42. The van der Waals surface area contributed by atoms with Gasteiger partial charge < -0.3 is 14.8 Å². The third-order valence-corrected chi connectivity index (χ3v) is 3.34. The molecule has 0 aliphatic rings. The number of hydrogen-bond donors (Lipinski definition) is 2. The number of rotatable bonds is 6. The summed E-state index contributed by atoms with van der Waals surface area (Å²) in [6.45, 7) is -3.12. The predicted molar refractivity (Wildman–Crippen MR) is 83.8 cm³/mol. The Bertz CT molecular complexity index is 777. The molecule has 0 radical (unpaired) electrons. The van der Waals surface area contributed by atoms with Crippen molar-refractivity contribution >= 4 is 11.8 Å². The van der Waals surface area contributed by atoms with Crippen LogP contribution in [0.15, 0.2) is 30.3 Å². The van der Waals surface area contributed by atoms with Crippen molar-refractivity contribution < 1.29 is 36.2 Å². The van der Waals surface area contributed by atoms with Crippen molar-refractivity contribution in [3.05, 3.63) is 35.9 Å². The smallest absolute Gasteiger partial charge is 0.412 e. The van der Waals surface area contributed by atoms with E-state index < -0.39 is 24.9 Å². The van der Waals surface area contributed by atoms with Gasteiger partial charge in [-0.3, -0.25) is 5.32 Å². The number of nitrogens with one attached hydrogen (secondary N) is 2. The molecule has 0 spiro atoms. The van der Waals surface area contributed by atoms with Gasteiger partial charge in [-0.05, 0) is 17.7 Å². The predicted octanol–water partition coefficient (Wildman–Crippen LogP) is 3.46. The van der Waals surface area contributed by atoms with Crippen LogP contribution in [0.4, 0.5) is 32.6 Å². The Labute approximate surface area is 150 Å². The lowest BCUT2D eigenvalue weighted by Crippen LogP contribution is -2.40. The number of aromatic nitrogens is 2. The van der Waals surface area contributed by atoms with Crippen molar-refractivity contribution in [2.45, 2.75) is 18.8 Å². The summed E-state index contributed by atoms with van der Waals surface area (Å²) in [4.78, 5) is 11.9. The minimum atomic E-state index is -4.78. The van der Waals surface area contributed by atoms with Crippen molar-refractivity contribution in [2.75, 3.05) is 12.4 Å². The molecule has 0 aliphatic heterocycles. The second-order valence-electron chi connectivity index (χ2n) is 5.22. The van der Waals surface area contributed by atoms with Crippen LogP contribution in [0.3, 0.4) is 0 Å². The van der Waals surface area contributed by atoms with Gasteiger partial charge in [0.25, 0.3) is 0 Å². The monoisotopic (exact) mass is 394 g/mol. The van der Waals surface area contributed by atoms with E-state index in [1.807, 2.05) is 5.32 Å². The standard InChI is InChI=1S/C15H15F5N4O3/c1-24-11(27-13(16)17)7-10(23-24)21-14(25)22-12(15(18,19)20)8-3-5-9(26-2)6-4-8/h3-7,12-13H,1-2H3,(H2,21,22,23,25)/t12-/m0/s1. The maximum atomic E-state index is 13.3. The number of urea groups is 1. The minimum Gasteiger partial charge on any atom is -0.497 e. The van der Waals surface area contributed by atoms with Crippen LogP contribution in [0.1, 0.15) is 11.6 Å². The maximum absolute atomic E-state index is 13.3. The Morgan fingerprint density at radius 1 is 1.22 bits per heavy atom. The highest BCUT2D eigenvalue weighted by molar-refractivity contribution is 5.88. The molecule has 0 unspecified atom stereocenters. The number of halogens is 5. The van der Waals surface area contributed by atoms with Crippen LogP contribution >= 0.6 is 0 Å². The molecule has 2 rings (SSSR count). The van der Waals surface area contributed by atoms with E-state index >= 15 is 0 Å². The summed E-state index contributed by atoms with van der Waals surface area (Å²) in [6, 6.07) is 2.38. The van der Waals surface area contributed by atoms with E-state index in [2.05, 4.69) is 9.84 Å². The molecule has 12 heteroatoms. The fourth-order valence-corrected chi connectivity index (χ4v) is 2.15. The quantitative estimate of drug-likeness (QED) is 0.736. The Kier molecular flexibility index (Phi) is 6.08. The number of aryl methyl sites for hydroxylation is 1. The molecule has 2 aromatic rings. The number of amides is 2. The van der Waals surface area contributed by atoms with E-state index in [1.165, 1.54) is 26.3 Å². The lowest BCUT2D eigenvalue weighted by atomic mass is 10.1. The Balaban J connectivity index is 2.12. The van der Waals surface area contributed by atoms with E-state index in [-0.39, 0.29) is 17.3 Å². The highest BCUT2D eigenvalue weighted by Crippen LogP contribution is 2.33. The van der Waals surface area contributed by atoms with E-state index in [4.69, 9.17) is 4.74 Å². The first kappa shape index (κ1) is 20.3. The number of carbonyl (C=O) groups is 1. The number of hydrogen-bond acceptors (Lipinski definition) is 4. The summed E-state index contributed by atoms with van der Waals surface area (Å²) in [5.74, 6) is -0.284. The molecular weight excluding hydrogens is 379 g/mol. The molecule has 7 nitrogen and oxygen atoms in total. The van der Waals surface area contributed by atoms with Crippen LogP contribution in [0.25, 0.3) is 0 Å². The second-order valence-corrected chi connectivity index (χ2v) is 5.22. The molecule has 148 valence electrons. The summed E-state index contributed by atoms with van der Waals surface area (Å²) in [5.41, 5.74) is -0.221. The lowest BCUT2D eigenvalue weighted by Gasteiger charge is -2.22. The largest absolute Gasteiger partial charge is 0.497 e. The molecule has 1 aromatic carbocycles. The van der Waals surface area contributed by atoms with Crippen LogP contribution < -0.4 is 20.1 Å². The van der Waals surface area contributed by atoms with Gasteiger partial charge in [0.15, 0.2) is 11.9 Å². The Morgan fingerprint density at radius 2 is 1.85 bits per heavy atom. The van der Waals surface area contributed by atoms with E-state index in [9.17, 15) is 26.7 Å². The van der Waals surface area contributed by atoms with Gasteiger partial charge in [0.05, 0.1) is 7.11 Å². The summed E-state index contributed by atoms with van der Waals surface area (Å²) in [7, 11) is 2.62. The van der Waals surface area contributed by atoms with Gasteiger partial charge >= 0.3 is 18.8 Å². The maximum Gasteiger partial charge on any atom is 0.412 e. The van der Waals surface area contributed by atoms with Crippen LogP contribution in [-0.2, 0) is 7.05 Å². The first-order valence-corrected chi connectivity index (χ1v) is 7.37. The van der Waals surface area contributed by atoms with Crippen LogP contribution in [-0.4, -0.2) is 35.7 Å². The molecule has 0 bridgehead atoms. The summed E-state index contributed by atoms with van der Waals surface area (Å²) in [5, 5.41) is 7.47. The Morgan fingerprint density at radius 3 is 2.37 bits per heavy atom. The van der Waals surface area contributed by atoms with Gasteiger partial charge in [-0.1, -0.05) is 12.1 Å². The zero-order chi connectivity index (χ0) is 20.2. The number of anilines is 1. The van der Waals surface area contributed by atoms with E-state index in [0.717, 1.165) is 22.9 Å². The zero-order valence-corrected chi connectivity index (χ0v) is 14.1. The van der Waals surface area contributed by atoms with Gasteiger partial charge in [0, 0.05) is 13.1 Å². The topological polar surface area (TPSA) is 77.4 Å². The van der Waals surface area contributed by atoms with Gasteiger partial charge in [-0.2, -0.15) is 27.1 Å². The average Bonchev–Trinajstić information content (AvgIpc) is 2.90. The molecule has 0 saturated heterocycles. The van der Waals surface area contributed by atoms with Crippen LogP contribution in [0, 0.1) is 0 Å². The van der Waals surface area contributed by atoms with Crippen molar-refractivity contribution in [3.8, 4) is 11.6 Å². The first-order valence-electron chi connectivity index (χ1n) is 7.37. The van der Waals surface area contributed by atoms with E-state index in [1.54, 1.807) is 5.32 Å². The van der Waals surface area contributed by atoms with Gasteiger partial charge in [0.1, 0.15) is 5.75 Å². The average molecular weight is 394 g/mol. The molecule has 27 heavy (non-hydrogen) atoms. The molecule has 0 aliphatic carbocycles. The van der Waals surface area contributed by atoms with Gasteiger partial charge in [-0.25, -0.2) is 9.48 Å². The molecular formula is C15H15F5N4O3. The number of ether oxygens (including phenoxy) is 2. The molecule has 0 fully saturated rings. The summed E-state index contributed by atoms with van der Waals surface area (Å²) >= 11 is 0. The van der Waals surface area contributed by atoms with Gasteiger partial charge in [0.2, 0.25) is 5.88 Å². The third-order valence-electron chi connectivity index (χ3n) is 3.34. The molecule has 1 aromatic heterocycles. The number of nitrogens with zero attached hydrogens (tertiary/aromatic N) is 2. The van der Waals surface area contributed by atoms with E-state index in [0.29, 0.717) is 5.75 Å². The third kappa shape index (κ3) is 5.46. The van der Waals surface area contributed by atoms with Crippen molar-refractivity contribution in [1.29, 1.82) is 0 Å². The summed E-state index contributed by atoms with van der Waals surface area (Å²) in [6.07, 6.45) is -4.78. The van der Waals surface area contributed by atoms with Gasteiger partial charge in [-0.15, -0.1) is 0 Å². The van der Waals surface area contributed by atoms with Crippen molar-refractivity contribution in [3.63, 3.8) is 0 Å². The summed E-state index contributed by atoms with van der Waals surface area (Å²) < 4.78 is 74.3. The zero-order valence-electron chi connectivity index (χ0n) is 14.1. The first-order chi connectivity index (χ1) is 12.6. The van der Waals surface area contributed by atoms with Crippen molar-refractivity contribution in [2.24, 2.45) is 7.05 Å². The Hall–Kier alpha value is -3.05. The number of carbonyl (C=O) groups excluding carboxylic acids is 1. The van der Waals surface area contributed by atoms with Crippen molar-refractivity contribution in [1.82, 2.24) is 15.1 Å². The number of alkyl halides is 5. The SMILES string of the molecule is COc1ccc([C@H](NC(=O)Nc2cc(OC(F)F)n(C)n2)C(F)(F)F)cc1. The number of benzene rings is 1. The molecule has 2 amide bonds. The fourth-order valence-electron chi connectivity index (χ4n) is 2.15. The second kappa shape index (κ2) is 8.10. The fraction of sp³-hybridized carbons (Fsp3) is 0.333. The van der Waals surface area contributed by atoms with Crippen LogP contribution in [0.2, 0.25) is 0 Å². The lowest BCUT2D eigenvalue weighted by molar-refractivity contribution is -0.154. The minimum absolute atomic E-state index is 0.221. The number of methoxy groups -OCH3 is 1. The highest BCUT2D eigenvalue weighted by atomic mass is 19.4. The normalized spacial score (nSPS) is 12.6. The molecule has 1 heterocycles. The molecule has 0 saturated carbocycles. The molecule has 1 atom stereocenters.